The number of rotatable bonds is 6. The minimum atomic E-state index is -0.167. The molecule has 0 aliphatic rings. The van der Waals surface area contributed by atoms with Gasteiger partial charge in [-0.15, -0.1) is 0 Å². The van der Waals surface area contributed by atoms with Gasteiger partial charge < -0.3 is 9.26 Å². The van der Waals surface area contributed by atoms with Gasteiger partial charge >= 0.3 is 0 Å². The molecule has 3 aromatic rings. The Morgan fingerprint density at radius 2 is 2.05 bits per heavy atom. The number of nitrogens with zero attached hydrogens (tertiary/aromatic N) is 4. The third-order valence-corrected chi connectivity index (χ3v) is 3.27. The molecule has 2 heterocycles. The van der Waals surface area contributed by atoms with Crippen molar-refractivity contribution >= 4 is 0 Å². The van der Waals surface area contributed by atoms with E-state index in [0.29, 0.717) is 24.9 Å². The first kappa shape index (κ1) is 14.5. The van der Waals surface area contributed by atoms with Crippen LogP contribution in [0.4, 0.5) is 0 Å². The van der Waals surface area contributed by atoms with Crippen LogP contribution in [0.3, 0.4) is 0 Å². The summed E-state index contributed by atoms with van der Waals surface area (Å²) in [4.78, 5) is 4.34. The van der Waals surface area contributed by atoms with Crippen LogP contribution < -0.4 is 0 Å². The van der Waals surface area contributed by atoms with E-state index in [-0.39, 0.29) is 6.10 Å². The molecule has 0 amide bonds. The number of benzene rings is 1. The van der Waals surface area contributed by atoms with Crippen molar-refractivity contribution in [3.8, 4) is 11.3 Å². The minimum absolute atomic E-state index is 0.167. The van der Waals surface area contributed by atoms with E-state index in [1.165, 1.54) is 0 Å². The summed E-state index contributed by atoms with van der Waals surface area (Å²) in [6, 6.07) is 12.0. The van der Waals surface area contributed by atoms with Gasteiger partial charge in [0.2, 0.25) is 5.89 Å². The molecule has 0 unspecified atom stereocenters. The third kappa shape index (κ3) is 3.23. The van der Waals surface area contributed by atoms with Crippen molar-refractivity contribution in [2.45, 2.75) is 26.5 Å². The zero-order valence-corrected chi connectivity index (χ0v) is 12.6. The van der Waals surface area contributed by atoms with Crippen LogP contribution >= 0.6 is 0 Å². The standard InChI is InChI=1S/C16H18N4O2/c1-3-21-12(2)16-17-15(22-19-16)11-20-10-9-14(18-20)13-7-5-4-6-8-13/h4-10,12H,3,11H2,1-2H3/t12-/m1/s1. The molecule has 0 aliphatic carbocycles. The zero-order chi connectivity index (χ0) is 15.4. The van der Waals surface area contributed by atoms with Gasteiger partial charge in [0.05, 0.1) is 5.69 Å². The summed E-state index contributed by atoms with van der Waals surface area (Å²) >= 11 is 0. The lowest BCUT2D eigenvalue weighted by Gasteiger charge is -2.04. The van der Waals surface area contributed by atoms with E-state index in [4.69, 9.17) is 9.26 Å². The Balaban J connectivity index is 1.70. The molecule has 3 rings (SSSR count). The van der Waals surface area contributed by atoms with Crippen molar-refractivity contribution in [2.24, 2.45) is 0 Å². The number of hydrogen-bond acceptors (Lipinski definition) is 5. The maximum atomic E-state index is 5.45. The Labute approximate surface area is 128 Å². The van der Waals surface area contributed by atoms with E-state index in [1.807, 2.05) is 56.4 Å². The predicted octanol–water partition coefficient (Wildman–Crippen LogP) is 3.08. The smallest absolute Gasteiger partial charge is 0.248 e. The molecular weight excluding hydrogens is 280 g/mol. The second kappa shape index (κ2) is 6.53. The van der Waals surface area contributed by atoms with Crippen molar-refractivity contribution in [1.29, 1.82) is 0 Å². The van der Waals surface area contributed by atoms with Crippen molar-refractivity contribution in [3.63, 3.8) is 0 Å². The van der Waals surface area contributed by atoms with E-state index < -0.39 is 0 Å². The predicted molar refractivity (Wildman–Crippen MR) is 81.1 cm³/mol. The Bertz CT molecular complexity index is 721. The van der Waals surface area contributed by atoms with Crippen LogP contribution in [0, 0.1) is 0 Å². The maximum Gasteiger partial charge on any atom is 0.248 e. The zero-order valence-electron chi connectivity index (χ0n) is 12.6. The molecular formula is C16H18N4O2. The van der Waals surface area contributed by atoms with Crippen LogP contribution in [-0.4, -0.2) is 26.5 Å². The second-order valence-electron chi connectivity index (χ2n) is 4.91. The van der Waals surface area contributed by atoms with E-state index in [2.05, 4.69) is 15.2 Å². The summed E-state index contributed by atoms with van der Waals surface area (Å²) in [6.45, 7) is 4.90. The lowest BCUT2D eigenvalue weighted by atomic mass is 10.2. The van der Waals surface area contributed by atoms with Crippen LogP contribution in [0.25, 0.3) is 11.3 Å². The summed E-state index contributed by atoms with van der Waals surface area (Å²) in [5, 5.41) is 8.47. The molecule has 0 bridgehead atoms. The van der Waals surface area contributed by atoms with Gasteiger partial charge in [-0.1, -0.05) is 35.5 Å². The van der Waals surface area contributed by atoms with Gasteiger partial charge in [-0.3, -0.25) is 4.68 Å². The molecule has 6 heteroatoms. The second-order valence-corrected chi connectivity index (χ2v) is 4.91. The van der Waals surface area contributed by atoms with E-state index >= 15 is 0 Å². The average molecular weight is 298 g/mol. The Morgan fingerprint density at radius 3 is 2.82 bits per heavy atom. The highest BCUT2D eigenvalue weighted by Gasteiger charge is 2.14. The molecule has 0 aliphatic heterocycles. The maximum absolute atomic E-state index is 5.45. The van der Waals surface area contributed by atoms with Gasteiger partial charge in [0.15, 0.2) is 5.82 Å². The van der Waals surface area contributed by atoms with Gasteiger partial charge in [0.1, 0.15) is 12.6 Å². The normalized spacial score (nSPS) is 12.5. The number of ether oxygens (including phenoxy) is 1. The molecule has 0 radical (unpaired) electrons. The summed E-state index contributed by atoms with van der Waals surface area (Å²) in [7, 11) is 0. The summed E-state index contributed by atoms with van der Waals surface area (Å²) in [5.41, 5.74) is 2.00. The van der Waals surface area contributed by atoms with Crippen LogP contribution in [0.1, 0.15) is 31.7 Å². The molecule has 6 nitrogen and oxygen atoms in total. The monoisotopic (exact) mass is 298 g/mol. The van der Waals surface area contributed by atoms with Crippen molar-refractivity contribution in [1.82, 2.24) is 19.9 Å². The lowest BCUT2D eigenvalue weighted by Crippen LogP contribution is -2.03. The average Bonchev–Trinajstić information content (AvgIpc) is 3.18. The lowest BCUT2D eigenvalue weighted by molar-refractivity contribution is 0.0683. The molecule has 1 aromatic carbocycles. The minimum Gasteiger partial charge on any atom is -0.371 e. The fourth-order valence-electron chi connectivity index (χ4n) is 2.17. The topological polar surface area (TPSA) is 66.0 Å². The van der Waals surface area contributed by atoms with Crippen molar-refractivity contribution in [2.75, 3.05) is 6.61 Å². The van der Waals surface area contributed by atoms with Gasteiger partial charge in [-0.05, 0) is 19.9 Å². The fraction of sp³-hybridized carbons (Fsp3) is 0.312. The number of hydrogen-bond donors (Lipinski definition) is 0. The van der Waals surface area contributed by atoms with E-state index in [0.717, 1.165) is 11.3 Å². The van der Waals surface area contributed by atoms with Crippen LogP contribution in [0.5, 0.6) is 0 Å². The quantitative estimate of drug-likeness (QED) is 0.699. The van der Waals surface area contributed by atoms with Crippen LogP contribution in [-0.2, 0) is 11.3 Å². The largest absolute Gasteiger partial charge is 0.371 e. The highest BCUT2D eigenvalue weighted by atomic mass is 16.5. The highest BCUT2D eigenvalue weighted by molar-refractivity contribution is 5.57. The molecule has 0 saturated carbocycles. The SMILES string of the molecule is CCO[C@H](C)c1noc(Cn2ccc(-c3ccccc3)n2)n1. The Kier molecular flexibility index (Phi) is 4.29. The van der Waals surface area contributed by atoms with Crippen molar-refractivity contribution < 1.29 is 9.26 Å². The fourth-order valence-corrected chi connectivity index (χ4v) is 2.17. The first-order chi connectivity index (χ1) is 10.8. The van der Waals surface area contributed by atoms with E-state index in [9.17, 15) is 0 Å². The van der Waals surface area contributed by atoms with Gasteiger partial charge in [0, 0.05) is 18.4 Å². The van der Waals surface area contributed by atoms with E-state index in [1.54, 1.807) is 4.68 Å². The van der Waals surface area contributed by atoms with Gasteiger partial charge in [0.25, 0.3) is 0 Å². The molecule has 0 fully saturated rings. The molecule has 1 atom stereocenters. The molecule has 22 heavy (non-hydrogen) atoms. The van der Waals surface area contributed by atoms with Gasteiger partial charge in [-0.2, -0.15) is 10.1 Å². The molecule has 0 spiro atoms. The summed E-state index contributed by atoms with van der Waals surface area (Å²) in [6.07, 6.45) is 1.73. The number of aromatic nitrogens is 4. The third-order valence-electron chi connectivity index (χ3n) is 3.27. The Hall–Kier alpha value is -2.47. The molecule has 2 aromatic heterocycles. The van der Waals surface area contributed by atoms with Crippen LogP contribution in [0.2, 0.25) is 0 Å². The van der Waals surface area contributed by atoms with Crippen molar-refractivity contribution in [3.05, 3.63) is 54.3 Å². The molecule has 0 saturated heterocycles. The first-order valence-corrected chi connectivity index (χ1v) is 7.29. The molecule has 114 valence electrons. The Morgan fingerprint density at radius 1 is 1.23 bits per heavy atom. The van der Waals surface area contributed by atoms with Gasteiger partial charge in [-0.25, -0.2) is 0 Å². The first-order valence-electron chi connectivity index (χ1n) is 7.29. The molecule has 0 N–H and O–H groups in total. The summed E-state index contributed by atoms with van der Waals surface area (Å²) in [5.74, 6) is 1.08. The summed E-state index contributed by atoms with van der Waals surface area (Å²) < 4.78 is 12.5. The van der Waals surface area contributed by atoms with Crippen LogP contribution in [0.15, 0.2) is 47.1 Å². The highest BCUT2D eigenvalue weighted by Crippen LogP contribution is 2.17.